The Morgan fingerprint density at radius 2 is 1.84 bits per heavy atom. The molecule has 0 spiro atoms. The fraction of sp³-hybridized carbons (Fsp3) is 0.318. The minimum absolute atomic E-state index is 0.0982. The molecule has 1 aliphatic rings. The van der Waals surface area contributed by atoms with Crippen LogP contribution < -0.4 is 10.9 Å². The van der Waals surface area contributed by atoms with E-state index in [4.69, 9.17) is 4.74 Å². The number of carbonyl (C=O) groups is 1. The lowest BCUT2D eigenvalue weighted by Crippen LogP contribution is -2.40. The van der Waals surface area contributed by atoms with E-state index in [0.29, 0.717) is 41.2 Å². The standard InChI is InChI=1S/C22H24N4O5S/c1-15-7-8-17(32(29,30)25-9-11-31-12-10-25)13-20(15)24-21(27)14-26-16(2)23-19-6-4-3-5-18(19)22(26)28/h3-8,13H,9-12,14H2,1-2H3,(H,24,27). The average molecular weight is 457 g/mol. The third-order valence-corrected chi connectivity index (χ3v) is 7.34. The van der Waals surface area contributed by atoms with Crippen molar-refractivity contribution in [2.45, 2.75) is 25.3 Å². The zero-order valence-corrected chi connectivity index (χ0v) is 18.7. The molecule has 4 rings (SSSR count). The number of nitrogens with one attached hydrogen (secondary N) is 1. The molecule has 3 aromatic rings. The van der Waals surface area contributed by atoms with Gasteiger partial charge in [0.2, 0.25) is 15.9 Å². The average Bonchev–Trinajstić information content (AvgIpc) is 2.78. The van der Waals surface area contributed by atoms with Gasteiger partial charge in [0.15, 0.2) is 0 Å². The largest absolute Gasteiger partial charge is 0.379 e. The molecule has 0 atom stereocenters. The van der Waals surface area contributed by atoms with Crippen LogP contribution >= 0.6 is 0 Å². The van der Waals surface area contributed by atoms with Gasteiger partial charge in [0.1, 0.15) is 12.4 Å². The lowest BCUT2D eigenvalue weighted by atomic mass is 10.2. The summed E-state index contributed by atoms with van der Waals surface area (Å²) in [5, 5.41) is 3.17. The topological polar surface area (TPSA) is 111 Å². The van der Waals surface area contributed by atoms with Gasteiger partial charge in [-0.15, -0.1) is 0 Å². The summed E-state index contributed by atoms with van der Waals surface area (Å²) in [7, 11) is -3.70. The minimum atomic E-state index is -3.70. The Bertz CT molecular complexity index is 1340. The van der Waals surface area contributed by atoms with Crippen LogP contribution in [0.5, 0.6) is 0 Å². The first-order chi connectivity index (χ1) is 15.3. The molecule has 10 heteroatoms. The molecule has 1 amide bonds. The van der Waals surface area contributed by atoms with Gasteiger partial charge < -0.3 is 10.1 Å². The van der Waals surface area contributed by atoms with Crippen LogP contribution in [0, 0.1) is 13.8 Å². The molecule has 1 aromatic heterocycles. The highest BCUT2D eigenvalue weighted by molar-refractivity contribution is 7.89. The molecule has 168 valence electrons. The fourth-order valence-corrected chi connectivity index (χ4v) is 5.07. The van der Waals surface area contributed by atoms with Gasteiger partial charge in [-0.25, -0.2) is 13.4 Å². The fourth-order valence-electron chi connectivity index (χ4n) is 3.63. The summed E-state index contributed by atoms with van der Waals surface area (Å²) in [4.78, 5) is 30.1. The molecular formula is C22H24N4O5S. The van der Waals surface area contributed by atoms with E-state index in [1.54, 1.807) is 44.2 Å². The van der Waals surface area contributed by atoms with Gasteiger partial charge in [-0.1, -0.05) is 18.2 Å². The zero-order chi connectivity index (χ0) is 22.9. The predicted octanol–water partition coefficient (Wildman–Crippen LogP) is 1.67. The van der Waals surface area contributed by atoms with Gasteiger partial charge in [0.25, 0.3) is 5.56 Å². The number of rotatable bonds is 5. The number of aromatic nitrogens is 2. The van der Waals surface area contributed by atoms with E-state index in [1.165, 1.54) is 21.0 Å². The van der Waals surface area contributed by atoms with E-state index in [9.17, 15) is 18.0 Å². The maximum Gasteiger partial charge on any atom is 0.261 e. The second-order valence-corrected chi connectivity index (χ2v) is 9.55. The number of para-hydroxylation sites is 1. The van der Waals surface area contributed by atoms with Crippen molar-refractivity contribution < 1.29 is 17.9 Å². The molecule has 1 fully saturated rings. The van der Waals surface area contributed by atoms with Crippen LogP contribution in [0.25, 0.3) is 10.9 Å². The number of ether oxygens (including phenoxy) is 1. The molecule has 32 heavy (non-hydrogen) atoms. The maximum absolute atomic E-state index is 12.9. The van der Waals surface area contributed by atoms with E-state index in [1.807, 2.05) is 0 Å². The first-order valence-corrected chi connectivity index (χ1v) is 11.7. The van der Waals surface area contributed by atoms with Crippen molar-refractivity contribution in [3.8, 4) is 0 Å². The van der Waals surface area contributed by atoms with E-state index in [0.717, 1.165) is 0 Å². The van der Waals surface area contributed by atoms with Crippen LogP contribution in [-0.2, 0) is 26.1 Å². The molecule has 1 N–H and O–H groups in total. The molecule has 0 aliphatic carbocycles. The Balaban J connectivity index is 1.58. The summed E-state index contributed by atoms with van der Waals surface area (Å²) in [5.74, 6) is -0.0273. The Hall–Kier alpha value is -3.08. The van der Waals surface area contributed by atoms with Gasteiger partial charge in [0.05, 0.1) is 29.0 Å². The van der Waals surface area contributed by atoms with Gasteiger partial charge in [-0.2, -0.15) is 4.31 Å². The molecule has 1 saturated heterocycles. The number of benzene rings is 2. The lowest BCUT2D eigenvalue weighted by molar-refractivity contribution is -0.116. The number of hydrogen-bond acceptors (Lipinski definition) is 6. The quantitative estimate of drug-likeness (QED) is 0.625. The van der Waals surface area contributed by atoms with Gasteiger partial charge in [-0.05, 0) is 43.7 Å². The number of carbonyl (C=O) groups excluding carboxylic acids is 1. The summed E-state index contributed by atoms with van der Waals surface area (Å²) >= 11 is 0. The van der Waals surface area contributed by atoms with Crippen LogP contribution in [0.1, 0.15) is 11.4 Å². The van der Waals surface area contributed by atoms with Crippen molar-refractivity contribution in [2.75, 3.05) is 31.6 Å². The molecule has 2 aromatic carbocycles. The SMILES string of the molecule is Cc1ccc(S(=O)(=O)N2CCOCC2)cc1NC(=O)Cn1c(C)nc2ccccc2c1=O. The Morgan fingerprint density at radius 1 is 1.12 bits per heavy atom. The summed E-state index contributed by atoms with van der Waals surface area (Å²) in [5.41, 5.74) is 1.36. The van der Waals surface area contributed by atoms with Gasteiger partial charge >= 0.3 is 0 Å². The van der Waals surface area contributed by atoms with Crippen molar-refractivity contribution in [3.63, 3.8) is 0 Å². The predicted molar refractivity (Wildman–Crippen MR) is 120 cm³/mol. The molecular weight excluding hydrogens is 432 g/mol. The number of nitrogens with zero attached hydrogens (tertiary/aromatic N) is 3. The Kier molecular flexibility index (Phi) is 6.09. The van der Waals surface area contributed by atoms with Crippen LogP contribution in [0.3, 0.4) is 0 Å². The normalized spacial score (nSPS) is 15.1. The number of morpholine rings is 1. The number of anilines is 1. The Morgan fingerprint density at radius 3 is 2.59 bits per heavy atom. The second kappa shape index (κ2) is 8.81. The summed E-state index contributed by atoms with van der Waals surface area (Å²) in [6, 6.07) is 11.6. The first-order valence-electron chi connectivity index (χ1n) is 10.2. The summed E-state index contributed by atoms with van der Waals surface area (Å²) in [6.45, 7) is 4.48. The number of fused-ring (bicyclic) bond motifs is 1. The molecule has 0 radical (unpaired) electrons. The van der Waals surface area contributed by atoms with Crippen LogP contribution in [0.2, 0.25) is 0 Å². The first kappa shape index (κ1) is 22.1. The Labute approximate surface area is 185 Å². The smallest absolute Gasteiger partial charge is 0.261 e. The van der Waals surface area contributed by atoms with Crippen molar-refractivity contribution >= 4 is 32.5 Å². The highest BCUT2D eigenvalue weighted by Gasteiger charge is 2.27. The second-order valence-electron chi connectivity index (χ2n) is 7.61. The van der Waals surface area contributed by atoms with Crippen molar-refractivity contribution in [1.29, 1.82) is 0 Å². The number of aryl methyl sites for hydroxylation is 2. The highest BCUT2D eigenvalue weighted by atomic mass is 32.2. The summed E-state index contributed by atoms with van der Waals surface area (Å²) < 4.78 is 33.8. The number of sulfonamides is 1. The van der Waals surface area contributed by atoms with Crippen LogP contribution in [0.15, 0.2) is 52.2 Å². The van der Waals surface area contributed by atoms with Gasteiger partial charge in [0, 0.05) is 18.8 Å². The number of hydrogen-bond donors (Lipinski definition) is 1. The van der Waals surface area contributed by atoms with E-state index in [-0.39, 0.29) is 30.1 Å². The molecule has 0 bridgehead atoms. The minimum Gasteiger partial charge on any atom is -0.379 e. The van der Waals surface area contributed by atoms with Crippen molar-refractivity contribution in [3.05, 3.63) is 64.2 Å². The molecule has 1 aliphatic heterocycles. The third-order valence-electron chi connectivity index (χ3n) is 5.45. The molecule has 0 saturated carbocycles. The molecule has 9 nitrogen and oxygen atoms in total. The summed E-state index contributed by atoms with van der Waals surface area (Å²) in [6.07, 6.45) is 0. The van der Waals surface area contributed by atoms with Gasteiger partial charge in [-0.3, -0.25) is 14.2 Å². The molecule has 2 heterocycles. The lowest BCUT2D eigenvalue weighted by Gasteiger charge is -2.26. The van der Waals surface area contributed by atoms with Crippen LogP contribution in [0.4, 0.5) is 5.69 Å². The van der Waals surface area contributed by atoms with E-state index >= 15 is 0 Å². The third kappa shape index (κ3) is 4.29. The number of amides is 1. The zero-order valence-electron chi connectivity index (χ0n) is 17.9. The van der Waals surface area contributed by atoms with E-state index in [2.05, 4.69) is 10.3 Å². The van der Waals surface area contributed by atoms with Crippen molar-refractivity contribution in [2.24, 2.45) is 0 Å². The molecule has 0 unspecified atom stereocenters. The van der Waals surface area contributed by atoms with E-state index < -0.39 is 15.9 Å². The van der Waals surface area contributed by atoms with Crippen LogP contribution in [-0.4, -0.2) is 54.5 Å². The monoisotopic (exact) mass is 456 g/mol. The van der Waals surface area contributed by atoms with Crippen molar-refractivity contribution in [1.82, 2.24) is 13.9 Å². The highest BCUT2D eigenvalue weighted by Crippen LogP contribution is 2.23. The maximum atomic E-state index is 12.9.